The second-order valence-electron chi connectivity index (χ2n) is 4.31. The lowest BCUT2D eigenvalue weighted by atomic mass is 10.2. The smallest absolute Gasteiger partial charge is 0.204 e. The second kappa shape index (κ2) is 5.53. The number of halogens is 1. The van der Waals surface area contributed by atoms with Crippen LogP contribution in [0.1, 0.15) is 0 Å². The molecule has 0 spiro atoms. The van der Waals surface area contributed by atoms with E-state index in [2.05, 4.69) is 25.3 Å². The van der Waals surface area contributed by atoms with Crippen molar-refractivity contribution in [3.63, 3.8) is 0 Å². The van der Waals surface area contributed by atoms with Gasteiger partial charge in [-0.2, -0.15) is 5.21 Å². The fourth-order valence-electron chi connectivity index (χ4n) is 1.78. The van der Waals surface area contributed by atoms with Crippen molar-refractivity contribution in [3.8, 4) is 11.4 Å². The van der Waals surface area contributed by atoms with Crippen LogP contribution in [0.5, 0.6) is 0 Å². The van der Waals surface area contributed by atoms with Crippen LogP contribution < -0.4 is 0 Å². The molecule has 0 aliphatic heterocycles. The van der Waals surface area contributed by atoms with E-state index in [4.69, 9.17) is 0 Å². The third-order valence-electron chi connectivity index (χ3n) is 2.79. The highest BCUT2D eigenvalue weighted by molar-refractivity contribution is 7.94. The molecule has 0 bridgehead atoms. The summed E-state index contributed by atoms with van der Waals surface area (Å²) in [5, 5.41) is 13.4. The Kier molecular flexibility index (Phi) is 3.55. The first-order valence-corrected chi connectivity index (χ1v) is 7.56. The third kappa shape index (κ3) is 2.93. The zero-order valence-electron chi connectivity index (χ0n) is 11.0. The minimum atomic E-state index is -3.92. The molecule has 0 atom stereocenters. The van der Waals surface area contributed by atoms with Crippen LogP contribution in [0.3, 0.4) is 0 Å². The standard InChI is InChI=1S/C13H9FN5O2S/c14-10-4-6-12(7-5-10)22(20,21)17-11-3-1-2-9(8-11)13-15-18-19-16-13/h1-8H,(H,15,16,18,19)/q-1. The van der Waals surface area contributed by atoms with Crippen LogP contribution in [-0.4, -0.2) is 29.0 Å². The molecular weight excluding hydrogens is 309 g/mol. The van der Waals surface area contributed by atoms with E-state index in [1.807, 2.05) is 0 Å². The summed E-state index contributed by atoms with van der Waals surface area (Å²) in [5.74, 6) is -0.186. The van der Waals surface area contributed by atoms with Crippen molar-refractivity contribution in [2.45, 2.75) is 4.90 Å². The van der Waals surface area contributed by atoms with E-state index in [1.54, 1.807) is 12.1 Å². The SMILES string of the molecule is O=S(=O)([N-]c1cccc(-c2nn[nH]n2)c1)c1ccc(F)cc1. The third-order valence-corrected chi connectivity index (χ3v) is 4.11. The lowest BCUT2D eigenvalue weighted by Gasteiger charge is -2.22. The van der Waals surface area contributed by atoms with Crippen molar-refractivity contribution >= 4 is 15.7 Å². The summed E-state index contributed by atoms with van der Waals surface area (Å²) in [5.41, 5.74) is 0.788. The molecule has 1 aromatic heterocycles. The van der Waals surface area contributed by atoms with Crippen molar-refractivity contribution in [1.29, 1.82) is 0 Å². The van der Waals surface area contributed by atoms with Crippen molar-refractivity contribution in [1.82, 2.24) is 20.6 Å². The van der Waals surface area contributed by atoms with Crippen molar-refractivity contribution < 1.29 is 12.8 Å². The Morgan fingerprint density at radius 1 is 1.09 bits per heavy atom. The summed E-state index contributed by atoms with van der Waals surface area (Å²) in [6.45, 7) is 0. The van der Waals surface area contributed by atoms with Gasteiger partial charge in [-0.3, -0.25) is 0 Å². The number of rotatable bonds is 4. The molecular formula is C13H9FN5O2S-. The van der Waals surface area contributed by atoms with E-state index in [0.717, 1.165) is 24.3 Å². The quantitative estimate of drug-likeness (QED) is 0.795. The number of benzene rings is 2. The summed E-state index contributed by atoms with van der Waals surface area (Å²) in [6.07, 6.45) is 0. The predicted molar refractivity (Wildman–Crippen MR) is 76.2 cm³/mol. The highest BCUT2D eigenvalue weighted by Crippen LogP contribution is 2.30. The lowest BCUT2D eigenvalue weighted by Crippen LogP contribution is -1.97. The van der Waals surface area contributed by atoms with Crippen molar-refractivity contribution in [2.75, 3.05) is 0 Å². The predicted octanol–water partition coefficient (Wildman–Crippen LogP) is 2.40. The zero-order chi connectivity index (χ0) is 15.6. The Morgan fingerprint density at radius 3 is 2.55 bits per heavy atom. The average molecular weight is 318 g/mol. The van der Waals surface area contributed by atoms with Crippen molar-refractivity contribution in [3.05, 3.63) is 59.1 Å². The van der Waals surface area contributed by atoms with Gasteiger partial charge in [0.2, 0.25) is 5.82 Å². The van der Waals surface area contributed by atoms with Gasteiger partial charge in [0.25, 0.3) is 0 Å². The topological polar surface area (TPSA) is 103 Å². The summed E-state index contributed by atoms with van der Waals surface area (Å²) < 4.78 is 40.9. The number of H-pyrrole nitrogens is 1. The highest BCUT2D eigenvalue weighted by Gasteiger charge is 2.06. The number of sulfonamides is 1. The summed E-state index contributed by atoms with van der Waals surface area (Å²) in [4.78, 5) is -0.0844. The number of nitrogens with one attached hydrogen (secondary N) is 1. The van der Waals surface area contributed by atoms with E-state index in [1.165, 1.54) is 12.1 Å². The number of hydrogen-bond donors (Lipinski definition) is 1. The maximum absolute atomic E-state index is 12.9. The summed E-state index contributed by atoms with van der Waals surface area (Å²) in [6, 6.07) is 10.8. The molecule has 1 N–H and O–H groups in total. The zero-order valence-corrected chi connectivity index (χ0v) is 11.8. The van der Waals surface area contributed by atoms with Gasteiger partial charge in [-0.25, -0.2) is 12.8 Å². The van der Waals surface area contributed by atoms with Crippen molar-refractivity contribution in [2.24, 2.45) is 0 Å². The Morgan fingerprint density at radius 2 is 1.86 bits per heavy atom. The van der Waals surface area contributed by atoms with E-state index >= 15 is 0 Å². The average Bonchev–Trinajstić information content (AvgIpc) is 3.02. The molecule has 112 valence electrons. The Bertz CT molecular complexity index is 879. The molecule has 3 rings (SSSR count). The summed E-state index contributed by atoms with van der Waals surface area (Å²) >= 11 is 0. The minimum absolute atomic E-state index is 0.0844. The molecule has 7 nitrogen and oxygen atoms in total. The first kappa shape index (κ1) is 14.1. The van der Waals surface area contributed by atoms with E-state index in [9.17, 15) is 12.8 Å². The van der Waals surface area contributed by atoms with Gasteiger partial charge in [-0.15, -0.1) is 15.9 Å². The fourth-order valence-corrected chi connectivity index (χ4v) is 2.76. The highest BCUT2D eigenvalue weighted by atomic mass is 32.2. The second-order valence-corrected chi connectivity index (χ2v) is 5.91. The molecule has 9 heteroatoms. The van der Waals surface area contributed by atoms with Crippen LogP contribution in [0.2, 0.25) is 0 Å². The van der Waals surface area contributed by atoms with Gasteiger partial charge >= 0.3 is 0 Å². The molecule has 0 saturated carbocycles. The van der Waals surface area contributed by atoms with E-state index < -0.39 is 15.8 Å². The molecule has 0 saturated heterocycles. The largest absolute Gasteiger partial charge is 0.573 e. The molecule has 0 fully saturated rings. The molecule has 0 amide bonds. The molecule has 0 unspecified atom stereocenters. The molecule has 0 aliphatic rings. The Balaban J connectivity index is 1.89. The normalized spacial score (nSPS) is 11.3. The van der Waals surface area contributed by atoms with E-state index in [-0.39, 0.29) is 10.6 Å². The van der Waals surface area contributed by atoms with Gasteiger partial charge < -0.3 is 4.72 Å². The van der Waals surface area contributed by atoms with Gasteiger partial charge in [-0.1, -0.05) is 24.3 Å². The van der Waals surface area contributed by atoms with Crippen LogP contribution in [0.15, 0.2) is 53.4 Å². The van der Waals surface area contributed by atoms with Gasteiger partial charge in [-0.05, 0) is 29.5 Å². The number of tetrazole rings is 1. The van der Waals surface area contributed by atoms with E-state index in [0.29, 0.717) is 11.4 Å². The minimum Gasteiger partial charge on any atom is -0.573 e. The summed E-state index contributed by atoms with van der Waals surface area (Å²) in [7, 11) is -3.92. The first-order valence-electron chi connectivity index (χ1n) is 6.12. The van der Waals surface area contributed by atoms with Crippen LogP contribution >= 0.6 is 0 Å². The maximum Gasteiger partial charge on any atom is 0.204 e. The fraction of sp³-hybridized carbons (Fsp3) is 0. The number of hydrogen-bond acceptors (Lipinski definition) is 5. The number of aromatic amines is 1. The molecule has 22 heavy (non-hydrogen) atoms. The maximum atomic E-state index is 12.9. The van der Waals surface area contributed by atoms with Crippen LogP contribution in [-0.2, 0) is 10.0 Å². The first-order chi connectivity index (χ1) is 10.5. The molecule has 0 radical (unpaired) electrons. The van der Waals surface area contributed by atoms with Gasteiger partial charge in [0, 0.05) is 5.56 Å². The molecule has 2 aromatic carbocycles. The van der Waals surface area contributed by atoms with Crippen LogP contribution in [0.25, 0.3) is 16.1 Å². The monoisotopic (exact) mass is 318 g/mol. The number of aromatic nitrogens is 4. The Hall–Kier alpha value is -2.81. The lowest BCUT2D eigenvalue weighted by molar-refractivity contribution is 0.601. The van der Waals surface area contributed by atoms with Crippen LogP contribution in [0, 0.1) is 5.82 Å². The van der Waals surface area contributed by atoms with Gasteiger partial charge in [0.1, 0.15) is 15.8 Å². The molecule has 1 heterocycles. The Labute approximate surface area is 125 Å². The molecule has 0 aliphatic carbocycles. The van der Waals surface area contributed by atoms with Crippen LogP contribution in [0.4, 0.5) is 10.1 Å². The van der Waals surface area contributed by atoms with Gasteiger partial charge in [0.15, 0.2) is 0 Å². The molecule has 3 aromatic rings. The number of nitrogens with zero attached hydrogens (tertiary/aromatic N) is 4. The van der Waals surface area contributed by atoms with Gasteiger partial charge in [0.05, 0.1) is 4.90 Å².